The molecule has 0 fully saturated rings. The molecule has 1 aliphatic heterocycles. The first kappa shape index (κ1) is 10.1. The predicted molar refractivity (Wildman–Crippen MR) is 64.0 cm³/mol. The van der Waals surface area contributed by atoms with Gasteiger partial charge in [-0.2, -0.15) is 0 Å². The zero-order chi connectivity index (χ0) is 11.7. The maximum absolute atomic E-state index is 9.45. The van der Waals surface area contributed by atoms with Gasteiger partial charge in [0.25, 0.3) is 0 Å². The molecule has 86 valence electrons. The minimum atomic E-state index is -0.00880. The molecule has 0 amide bonds. The number of hydrogen-bond donors (Lipinski definition) is 1. The van der Waals surface area contributed by atoms with Crippen LogP contribution in [0.4, 0.5) is 0 Å². The lowest BCUT2D eigenvalue weighted by atomic mass is 10.00. The van der Waals surface area contributed by atoms with Crippen LogP contribution in [-0.2, 0) is 6.42 Å². The Labute approximate surface area is 99.7 Å². The highest BCUT2D eigenvalue weighted by Gasteiger charge is 2.22. The van der Waals surface area contributed by atoms with Gasteiger partial charge in [-0.15, -0.1) is 0 Å². The Balaban J connectivity index is 1.90. The van der Waals surface area contributed by atoms with Crippen LogP contribution in [-0.4, -0.2) is 10.1 Å². The van der Waals surface area contributed by atoms with Crippen LogP contribution in [0.2, 0.25) is 0 Å². The van der Waals surface area contributed by atoms with Crippen LogP contribution in [0.15, 0.2) is 42.6 Å². The van der Waals surface area contributed by atoms with Crippen LogP contribution < -0.4 is 4.74 Å². The van der Waals surface area contributed by atoms with Crippen molar-refractivity contribution in [2.24, 2.45) is 0 Å². The summed E-state index contributed by atoms with van der Waals surface area (Å²) in [6.45, 7) is 0. The van der Waals surface area contributed by atoms with E-state index in [0.29, 0.717) is 0 Å². The quantitative estimate of drug-likeness (QED) is 0.814. The lowest BCUT2D eigenvalue weighted by molar-refractivity contribution is 0.171. The van der Waals surface area contributed by atoms with Gasteiger partial charge in [0.05, 0.1) is 5.69 Å². The maximum Gasteiger partial charge on any atom is 0.141 e. The topological polar surface area (TPSA) is 42.4 Å². The molecule has 1 aliphatic rings. The average molecular weight is 227 g/mol. The van der Waals surface area contributed by atoms with Gasteiger partial charge in [0.2, 0.25) is 0 Å². The predicted octanol–water partition coefficient (Wildman–Crippen LogP) is 2.85. The molecular weight excluding hydrogens is 214 g/mol. The molecule has 2 aromatic rings. The Hall–Kier alpha value is -2.03. The van der Waals surface area contributed by atoms with Crippen molar-refractivity contribution in [2.45, 2.75) is 18.9 Å². The van der Waals surface area contributed by atoms with E-state index in [-0.39, 0.29) is 11.9 Å². The third-order valence-corrected chi connectivity index (χ3v) is 3.01. The number of ether oxygens (including phenoxy) is 1. The van der Waals surface area contributed by atoms with Crippen molar-refractivity contribution in [1.82, 2.24) is 4.98 Å². The van der Waals surface area contributed by atoms with Crippen molar-refractivity contribution in [3.05, 3.63) is 53.9 Å². The van der Waals surface area contributed by atoms with Crippen LogP contribution in [0.3, 0.4) is 0 Å². The maximum atomic E-state index is 9.45. The molecule has 0 spiro atoms. The molecule has 2 heterocycles. The van der Waals surface area contributed by atoms with Gasteiger partial charge >= 0.3 is 0 Å². The van der Waals surface area contributed by atoms with Crippen LogP contribution >= 0.6 is 0 Å². The molecule has 1 aromatic carbocycles. The van der Waals surface area contributed by atoms with Gasteiger partial charge in [-0.25, -0.2) is 0 Å². The van der Waals surface area contributed by atoms with E-state index in [0.717, 1.165) is 29.8 Å². The Morgan fingerprint density at radius 3 is 3.00 bits per heavy atom. The number of fused-ring (bicyclic) bond motifs is 1. The summed E-state index contributed by atoms with van der Waals surface area (Å²) < 4.78 is 5.88. The van der Waals surface area contributed by atoms with E-state index in [9.17, 15) is 5.11 Å². The molecule has 0 aliphatic carbocycles. The molecule has 3 heteroatoms. The van der Waals surface area contributed by atoms with Crippen molar-refractivity contribution in [2.75, 3.05) is 0 Å². The monoisotopic (exact) mass is 227 g/mol. The second-order valence-electron chi connectivity index (χ2n) is 4.19. The van der Waals surface area contributed by atoms with Crippen molar-refractivity contribution in [1.29, 1.82) is 0 Å². The molecule has 0 saturated heterocycles. The number of phenolic OH excluding ortho intramolecular Hbond substituents is 1. The number of aromatic hydroxyl groups is 1. The highest BCUT2D eigenvalue weighted by molar-refractivity contribution is 5.41. The van der Waals surface area contributed by atoms with Gasteiger partial charge in [-0.05, 0) is 36.6 Å². The number of rotatable bonds is 1. The van der Waals surface area contributed by atoms with E-state index in [4.69, 9.17) is 4.74 Å². The summed E-state index contributed by atoms with van der Waals surface area (Å²) in [6.07, 6.45) is 3.65. The lowest BCUT2D eigenvalue weighted by Gasteiger charge is -2.25. The number of pyridine rings is 1. The van der Waals surface area contributed by atoms with E-state index in [1.807, 2.05) is 24.3 Å². The first-order valence-corrected chi connectivity index (χ1v) is 5.72. The summed E-state index contributed by atoms with van der Waals surface area (Å²) in [5, 5.41) is 9.45. The fourth-order valence-corrected chi connectivity index (χ4v) is 2.13. The van der Waals surface area contributed by atoms with Gasteiger partial charge in [0.1, 0.15) is 17.6 Å². The summed E-state index contributed by atoms with van der Waals surface area (Å²) in [4.78, 5) is 4.31. The molecule has 0 unspecified atom stereocenters. The average Bonchev–Trinajstić information content (AvgIpc) is 2.39. The molecule has 1 aromatic heterocycles. The largest absolute Gasteiger partial charge is 0.508 e. The minimum Gasteiger partial charge on any atom is -0.508 e. The van der Waals surface area contributed by atoms with Crippen LogP contribution in [0.25, 0.3) is 0 Å². The van der Waals surface area contributed by atoms with Crippen LogP contribution in [0.1, 0.15) is 23.8 Å². The van der Waals surface area contributed by atoms with Gasteiger partial charge < -0.3 is 9.84 Å². The molecule has 0 saturated carbocycles. The molecule has 1 N–H and O–H groups in total. The van der Waals surface area contributed by atoms with Crippen LogP contribution in [0, 0.1) is 0 Å². The zero-order valence-electron chi connectivity index (χ0n) is 9.34. The second kappa shape index (κ2) is 4.09. The van der Waals surface area contributed by atoms with E-state index in [1.165, 1.54) is 0 Å². The number of phenols is 1. The molecule has 0 radical (unpaired) electrons. The smallest absolute Gasteiger partial charge is 0.141 e. The van der Waals surface area contributed by atoms with Crippen molar-refractivity contribution in [3.63, 3.8) is 0 Å². The Morgan fingerprint density at radius 1 is 1.24 bits per heavy atom. The fourth-order valence-electron chi connectivity index (χ4n) is 2.13. The third kappa shape index (κ3) is 1.96. The lowest BCUT2D eigenvalue weighted by Crippen LogP contribution is -2.15. The summed E-state index contributed by atoms with van der Waals surface area (Å²) in [5.74, 6) is 1.01. The minimum absolute atomic E-state index is 0.00880. The highest BCUT2D eigenvalue weighted by atomic mass is 16.5. The van der Waals surface area contributed by atoms with Crippen molar-refractivity contribution < 1.29 is 9.84 Å². The summed E-state index contributed by atoms with van der Waals surface area (Å²) >= 11 is 0. The first-order chi connectivity index (χ1) is 8.33. The molecule has 3 nitrogen and oxygen atoms in total. The third-order valence-electron chi connectivity index (χ3n) is 3.01. The number of aryl methyl sites for hydroxylation is 1. The molecule has 3 rings (SSSR count). The summed E-state index contributed by atoms with van der Waals surface area (Å²) in [5.41, 5.74) is 2.09. The Kier molecular flexibility index (Phi) is 2.44. The highest BCUT2D eigenvalue weighted by Crippen LogP contribution is 2.35. The number of nitrogens with zero attached hydrogens (tertiary/aromatic N) is 1. The second-order valence-corrected chi connectivity index (χ2v) is 4.19. The van der Waals surface area contributed by atoms with Crippen LogP contribution in [0.5, 0.6) is 11.5 Å². The molecule has 17 heavy (non-hydrogen) atoms. The Bertz CT molecular complexity index is 525. The summed E-state index contributed by atoms with van der Waals surface area (Å²) in [7, 11) is 0. The Morgan fingerprint density at radius 2 is 2.18 bits per heavy atom. The zero-order valence-corrected chi connectivity index (χ0v) is 9.34. The van der Waals surface area contributed by atoms with Crippen molar-refractivity contribution in [3.8, 4) is 11.5 Å². The van der Waals surface area contributed by atoms with Gasteiger partial charge in [0, 0.05) is 12.3 Å². The van der Waals surface area contributed by atoms with E-state index >= 15 is 0 Å². The van der Waals surface area contributed by atoms with E-state index < -0.39 is 0 Å². The standard InChI is InChI=1S/C14H13NO2/c16-11-6-4-10-5-7-13(17-14(10)9-11)12-3-1-2-8-15-12/h1-4,6,8-9,13,16H,5,7H2/t13-/m1/s1. The van der Waals surface area contributed by atoms with Gasteiger partial charge in [-0.3, -0.25) is 4.98 Å². The van der Waals surface area contributed by atoms with E-state index in [1.54, 1.807) is 18.3 Å². The molecule has 0 bridgehead atoms. The SMILES string of the molecule is Oc1ccc2c(c1)O[C@@H](c1ccccn1)CC2. The van der Waals surface area contributed by atoms with Gasteiger partial charge in [-0.1, -0.05) is 12.1 Å². The number of hydrogen-bond acceptors (Lipinski definition) is 3. The van der Waals surface area contributed by atoms with Crippen molar-refractivity contribution >= 4 is 0 Å². The first-order valence-electron chi connectivity index (χ1n) is 5.72. The fraction of sp³-hybridized carbons (Fsp3) is 0.214. The molecule has 1 atom stereocenters. The number of aromatic nitrogens is 1. The number of benzene rings is 1. The molecular formula is C14H13NO2. The summed E-state index contributed by atoms with van der Waals surface area (Å²) in [6, 6.07) is 11.1. The van der Waals surface area contributed by atoms with E-state index in [2.05, 4.69) is 4.98 Å². The normalized spacial score (nSPS) is 18.2. The van der Waals surface area contributed by atoms with Gasteiger partial charge in [0.15, 0.2) is 0 Å².